The van der Waals surface area contributed by atoms with Gasteiger partial charge in [0.2, 0.25) is 5.28 Å². The van der Waals surface area contributed by atoms with Crippen molar-refractivity contribution >= 4 is 11.6 Å². The molecule has 2 aromatic heterocycles. The van der Waals surface area contributed by atoms with Crippen molar-refractivity contribution in [1.82, 2.24) is 19.7 Å². The van der Waals surface area contributed by atoms with E-state index in [1.165, 1.54) is 5.56 Å². The Morgan fingerprint density at radius 2 is 2.25 bits per heavy atom. The van der Waals surface area contributed by atoms with Crippen LogP contribution in [0.4, 0.5) is 0 Å². The van der Waals surface area contributed by atoms with Crippen molar-refractivity contribution in [1.29, 1.82) is 0 Å². The van der Waals surface area contributed by atoms with Crippen molar-refractivity contribution in [2.24, 2.45) is 0 Å². The molecular weight excluding hydrogens is 224 g/mol. The third-order valence-electron chi connectivity index (χ3n) is 2.45. The molecule has 0 aliphatic rings. The van der Waals surface area contributed by atoms with Crippen LogP contribution >= 0.6 is 11.6 Å². The summed E-state index contributed by atoms with van der Waals surface area (Å²) in [5, 5.41) is 8.33. The Balaban J connectivity index is 2.07. The first-order valence-electron chi connectivity index (χ1n) is 5.27. The van der Waals surface area contributed by atoms with Crippen molar-refractivity contribution in [3.8, 4) is 0 Å². The summed E-state index contributed by atoms with van der Waals surface area (Å²) in [4.78, 5) is 4.08. The van der Waals surface area contributed by atoms with E-state index in [2.05, 4.69) is 21.2 Å². The van der Waals surface area contributed by atoms with Gasteiger partial charge < -0.3 is 4.57 Å². The van der Waals surface area contributed by atoms with Gasteiger partial charge in [0.15, 0.2) is 0 Å². The highest BCUT2D eigenvalue weighted by molar-refractivity contribution is 6.28. The minimum absolute atomic E-state index is 0.459. The fourth-order valence-corrected chi connectivity index (χ4v) is 1.80. The largest absolute Gasteiger partial charge is 0.301 e. The molecule has 0 aliphatic heterocycles. The molecule has 5 heteroatoms. The lowest BCUT2D eigenvalue weighted by molar-refractivity contribution is 0.655. The minimum Gasteiger partial charge on any atom is -0.301 e. The Morgan fingerprint density at radius 3 is 2.94 bits per heavy atom. The number of aryl methyl sites for hydroxylation is 2. The minimum atomic E-state index is 0.459. The highest BCUT2D eigenvalue weighted by atomic mass is 35.5. The number of pyridine rings is 1. The Kier molecular flexibility index (Phi) is 3.51. The van der Waals surface area contributed by atoms with E-state index in [9.17, 15) is 0 Å². The second-order valence-electron chi connectivity index (χ2n) is 3.50. The first-order chi connectivity index (χ1) is 7.81. The molecule has 0 N–H and O–H groups in total. The molecule has 2 aromatic rings. The first-order valence-corrected chi connectivity index (χ1v) is 5.65. The van der Waals surface area contributed by atoms with E-state index in [0.717, 1.165) is 25.2 Å². The lowest BCUT2D eigenvalue weighted by Crippen LogP contribution is -2.06. The standard InChI is InChI=1S/C11H13ClN4/c1-2-10-14-15-11(12)16(10)7-5-9-4-3-6-13-8-9/h3-4,6,8H,2,5,7H2,1H3. The van der Waals surface area contributed by atoms with Crippen molar-refractivity contribution in [2.75, 3.05) is 0 Å². The maximum atomic E-state index is 5.96. The SMILES string of the molecule is CCc1nnc(Cl)n1CCc1cccnc1. The molecule has 0 fully saturated rings. The molecule has 0 unspecified atom stereocenters. The van der Waals surface area contributed by atoms with E-state index in [0.29, 0.717) is 5.28 Å². The van der Waals surface area contributed by atoms with Crippen LogP contribution < -0.4 is 0 Å². The van der Waals surface area contributed by atoms with Gasteiger partial charge in [-0.2, -0.15) is 0 Å². The van der Waals surface area contributed by atoms with Crippen LogP contribution in [0.15, 0.2) is 24.5 Å². The summed E-state index contributed by atoms with van der Waals surface area (Å²) >= 11 is 5.96. The topological polar surface area (TPSA) is 43.6 Å². The average Bonchev–Trinajstić information content (AvgIpc) is 2.69. The van der Waals surface area contributed by atoms with Crippen molar-refractivity contribution < 1.29 is 0 Å². The molecule has 84 valence electrons. The number of nitrogens with zero attached hydrogens (tertiary/aromatic N) is 4. The summed E-state index contributed by atoms with van der Waals surface area (Å²) in [5.74, 6) is 0.925. The number of halogens is 1. The fourth-order valence-electron chi connectivity index (χ4n) is 1.58. The Labute approximate surface area is 99.3 Å². The van der Waals surface area contributed by atoms with Crippen LogP contribution in [-0.2, 0) is 19.4 Å². The predicted molar refractivity (Wildman–Crippen MR) is 62.4 cm³/mol. The van der Waals surface area contributed by atoms with Gasteiger partial charge in [-0.3, -0.25) is 4.98 Å². The third kappa shape index (κ3) is 2.39. The summed E-state index contributed by atoms with van der Waals surface area (Å²) < 4.78 is 1.94. The molecule has 0 bridgehead atoms. The molecule has 2 heterocycles. The van der Waals surface area contributed by atoms with Crippen molar-refractivity contribution in [2.45, 2.75) is 26.3 Å². The van der Waals surface area contributed by atoms with Gasteiger partial charge in [0.1, 0.15) is 5.82 Å². The van der Waals surface area contributed by atoms with Crippen LogP contribution in [0.2, 0.25) is 5.28 Å². The highest BCUT2D eigenvalue weighted by Gasteiger charge is 2.07. The monoisotopic (exact) mass is 236 g/mol. The Hall–Kier alpha value is -1.42. The van der Waals surface area contributed by atoms with E-state index >= 15 is 0 Å². The average molecular weight is 237 g/mol. The summed E-state index contributed by atoms with van der Waals surface area (Å²) in [7, 11) is 0. The van der Waals surface area contributed by atoms with E-state index in [1.54, 1.807) is 6.20 Å². The quantitative estimate of drug-likeness (QED) is 0.817. The smallest absolute Gasteiger partial charge is 0.225 e. The van der Waals surface area contributed by atoms with E-state index in [-0.39, 0.29) is 0 Å². The first kappa shape index (κ1) is 11.1. The van der Waals surface area contributed by atoms with Gasteiger partial charge in [0.25, 0.3) is 0 Å². The van der Waals surface area contributed by atoms with Gasteiger partial charge in [0, 0.05) is 25.4 Å². The van der Waals surface area contributed by atoms with Gasteiger partial charge >= 0.3 is 0 Å². The van der Waals surface area contributed by atoms with Crippen molar-refractivity contribution in [3.05, 3.63) is 41.2 Å². The zero-order chi connectivity index (χ0) is 11.4. The zero-order valence-corrected chi connectivity index (χ0v) is 9.85. The molecule has 4 nitrogen and oxygen atoms in total. The molecule has 0 radical (unpaired) electrons. The van der Waals surface area contributed by atoms with Gasteiger partial charge in [0.05, 0.1) is 0 Å². The molecule has 2 rings (SSSR count). The van der Waals surface area contributed by atoms with Crippen LogP contribution in [0.25, 0.3) is 0 Å². The number of aromatic nitrogens is 4. The number of hydrogen-bond acceptors (Lipinski definition) is 3. The maximum absolute atomic E-state index is 5.96. The third-order valence-corrected chi connectivity index (χ3v) is 2.72. The van der Waals surface area contributed by atoms with Crippen LogP contribution in [0.1, 0.15) is 18.3 Å². The van der Waals surface area contributed by atoms with E-state index in [4.69, 9.17) is 11.6 Å². The summed E-state index contributed by atoms with van der Waals surface area (Å²) in [5.41, 5.74) is 1.19. The van der Waals surface area contributed by atoms with Crippen LogP contribution in [-0.4, -0.2) is 19.7 Å². The molecule has 0 saturated heterocycles. The predicted octanol–water partition coefficient (Wildman–Crippen LogP) is 2.13. The summed E-state index contributed by atoms with van der Waals surface area (Å²) in [6.07, 6.45) is 5.36. The number of hydrogen-bond donors (Lipinski definition) is 0. The second kappa shape index (κ2) is 5.07. The maximum Gasteiger partial charge on any atom is 0.225 e. The molecule has 16 heavy (non-hydrogen) atoms. The molecule has 0 saturated carbocycles. The van der Waals surface area contributed by atoms with Crippen LogP contribution in [0.3, 0.4) is 0 Å². The second-order valence-corrected chi connectivity index (χ2v) is 3.84. The Bertz CT molecular complexity index is 452. The molecule has 0 atom stereocenters. The lowest BCUT2D eigenvalue weighted by atomic mass is 10.2. The van der Waals surface area contributed by atoms with E-state index < -0.39 is 0 Å². The molecule has 0 amide bonds. The fraction of sp³-hybridized carbons (Fsp3) is 0.364. The molecule has 0 aromatic carbocycles. The summed E-state index contributed by atoms with van der Waals surface area (Å²) in [6.45, 7) is 2.83. The zero-order valence-electron chi connectivity index (χ0n) is 9.10. The number of rotatable bonds is 4. The Morgan fingerprint density at radius 1 is 1.38 bits per heavy atom. The van der Waals surface area contributed by atoms with Gasteiger partial charge in [-0.1, -0.05) is 13.0 Å². The van der Waals surface area contributed by atoms with E-state index in [1.807, 2.05) is 23.8 Å². The molecule has 0 aliphatic carbocycles. The highest BCUT2D eigenvalue weighted by Crippen LogP contribution is 2.10. The van der Waals surface area contributed by atoms with Crippen LogP contribution in [0.5, 0.6) is 0 Å². The van der Waals surface area contributed by atoms with Crippen LogP contribution in [0, 0.1) is 0 Å². The van der Waals surface area contributed by atoms with Gasteiger partial charge in [-0.05, 0) is 29.7 Å². The lowest BCUT2D eigenvalue weighted by Gasteiger charge is -2.05. The normalized spacial score (nSPS) is 10.6. The molecule has 0 spiro atoms. The van der Waals surface area contributed by atoms with Gasteiger partial charge in [-0.25, -0.2) is 0 Å². The molecular formula is C11H13ClN4. The van der Waals surface area contributed by atoms with Gasteiger partial charge in [-0.15, -0.1) is 10.2 Å². The van der Waals surface area contributed by atoms with Crippen molar-refractivity contribution in [3.63, 3.8) is 0 Å². The summed E-state index contributed by atoms with van der Waals surface area (Å²) in [6, 6.07) is 3.99.